The Morgan fingerprint density at radius 2 is 1.23 bits per heavy atom. The number of carbonyl (C=O) groups excluding carboxylic acids is 1. The van der Waals surface area contributed by atoms with Crippen molar-refractivity contribution >= 4 is 5.91 Å². The van der Waals surface area contributed by atoms with E-state index in [9.17, 15) is 35.4 Å². The number of hydrogen-bond acceptors (Lipinski definition) is 9. The summed E-state index contributed by atoms with van der Waals surface area (Å²) >= 11 is 0. The lowest BCUT2D eigenvalue weighted by Gasteiger charge is -2.40. The second-order valence-corrected chi connectivity index (χ2v) is 9.31. The highest BCUT2D eigenvalue weighted by Crippen LogP contribution is 2.22. The van der Waals surface area contributed by atoms with Crippen LogP contribution in [0.2, 0.25) is 0 Å². The van der Waals surface area contributed by atoms with Gasteiger partial charge in [-0.25, -0.2) is 0 Å². The molecular weight excluding hydrogens is 614 g/mol. The van der Waals surface area contributed by atoms with Crippen molar-refractivity contribution in [1.29, 1.82) is 0 Å². The number of ether oxygens (including phenoxy) is 2. The van der Waals surface area contributed by atoms with Gasteiger partial charge in [-0.05, 0) is 101 Å². The van der Waals surface area contributed by atoms with Crippen LogP contribution >= 0.6 is 0 Å². The van der Waals surface area contributed by atoms with Crippen molar-refractivity contribution in [2.75, 3.05) is 13.2 Å². The normalized spacial score (nSPS) is 19.7. The van der Waals surface area contributed by atoms with E-state index in [0.29, 0.717) is 6.42 Å². The number of aliphatic hydroxyl groups excluding tert-OH is 6. The van der Waals surface area contributed by atoms with Crippen LogP contribution in [-0.2, 0) is 14.3 Å². The monoisotopic (exact) mass is 645 g/mol. The molecule has 7 N–H and O–H groups in total. The van der Waals surface area contributed by atoms with Gasteiger partial charge >= 0.3 is 0 Å². The molecule has 0 bridgehead atoms. The molecule has 1 saturated heterocycles. The lowest BCUT2D eigenvalue weighted by molar-refractivity contribution is -0.303. The van der Waals surface area contributed by atoms with E-state index in [4.69, 9.17) is 15.9 Å². The summed E-state index contributed by atoms with van der Waals surface area (Å²) in [6.45, 7) is 0.818. The number of amides is 1. The Hall–Kier alpha value is -5.69. The van der Waals surface area contributed by atoms with Gasteiger partial charge in [0.25, 0.3) is 5.91 Å². The third-order valence-corrected chi connectivity index (χ3v) is 5.89. The minimum Gasteiger partial charge on any atom is -0.394 e. The van der Waals surface area contributed by atoms with Crippen molar-refractivity contribution in [3.05, 3.63) is 0 Å². The fourth-order valence-corrected chi connectivity index (χ4v) is 3.53. The van der Waals surface area contributed by atoms with Gasteiger partial charge in [0.1, 0.15) is 30.5 Å². The van der Waals surface area contributed by atoms with E-state index in [-0.39, 0.29) is 6.42 Å². The third-order valence-electron chi connectivity index (χ3n) is 5.89. The fraction of sp³-hybridized carbons (Fsp3) is 0.395. The summed E-state index contributed by atoms with van der Waals surface area (Å²) in [5.74, 6) is 49.4. The number of hydrogen-bond donors (Lipinski definition) is 7. The predicted molar refractivity (Wildman–Crippen MR) is 174 cm³/mol. The largest absolute Gasteiger partial charge is 0.394 e. The fourth-order valence-electron chi connectivity index (χ4n) is 3.53. The Bertz CT molecular complexity index is 1790. The van der Waals surface area contributed by atoms with Gasteiger partial charge in [0.2, 0.25) is 0 Å². The van der Waals surface area contributed by atoms with Crippen LogP contribution in [0, 0.1) is 131 Å². The standard InChI is InChI=1S/C38H31NO9/c1-3-5-7-8-9-10-11-12-13-14-15-16-17-18-19-20-21-22-23-25-27-33(42)39-30(34(43)31(41)26-24-6-4-2)29-47-38-37(46)36(45)35(44)32(28-40)48-38/h1,30-32,34-38,40-41,43-46H,4,6,24,26,28-29H2,2H3,(H,39,42)/t30-,31+,32?,34-,35?,36?,37?,38?/m0/s1. The lowest BCUT2D eigenvalue weighted by atomic mass is 9.99. The quantitative estimate of drug-likeness (QED) is 0.0932. The molecule has 0 aromatic rings. The van der Waals surface area contributed by atoms with Gasteiger partial charge < -0.3 is 45.4 Å². The number of aliphatic hydroxyl groups is 6. The van der Waals surface area contributed by atoms with Crippen LogP contribution in [-0.4, -0.2) is 98.7 Å². The number of carbonyl (C=O) groups is 1. The molecule has 242 valence electrons. The Kier molecular flexibility index (Phi) is 21.4. The first-order chi connectivity index (χ1) is 23.3. The van der Waals surface area contributed by atoms with E-state index in [1.807, 2.05) is 6.92 Å². The number of rotatable bonds is 11. The highest BCUT2D eigenvalue weighted by molar-refractivity contribution is 5.94. The minimum absolute atomic E-state index is 0.242. The van der Waals surface area contributed by atoms with Gasteiger partial charge in [0.05, 0.1) is 25.4 Å². The molecule has 1 aliphatic rings. The Balaban J connectivity index is 2.78. The molecule has 1 amide bonds. The molecule has 1 fully saturated rings. The Labute approximate surface area is 281 Å². The smallest absolute Gasteiger partial charge is 0.297 e. The summed E-state index contributed by atoms with van der Waals surface area (Å²) in [4.78, 5) is 12.4. The minimum atomic E-state index is -1.70. The first kappa shape index (κ1) is 40.3. The summed E-state index contributed by atoms with van der Waals surface area (Å²) in [7, 11) is 0. The molecule has 5 unspecified atom stereocenters. The molecule has 10 nitrogen and oxygen atoms in total. The van der Waals surface area contributed by atoms with Crippen LogP contribution in [0.5, 0.6) is 0 Å². The number of terminal acetylenes is 1. The maximum absolute atomic E-state index is 12.4. The first-order valence-electron chi connectivity index (χ1n) is 14.3. The van der Waals surface area contributed by atoms with Crippen LogP contribution in [0.1, 0.15) is 32.6 Å². The first-order valence-corrected chi connectivity index (χ1v) is 14.3. The zero-order valence-corrected chi connectivity index (χ0v) is 25.8. The van der Waals surface area contributed by atoms with Gasteiger partial charge in [0, 0.05) is 29.6 Å². The van der Waals surface area contributed by atoms with Crippen molar-refractivity contribution in [2.45, 2.75) is 81.6 Å². The van der Waals surface area contributed by atoms with Crippen molar-refractivity contribution in [1.82, 2.24) is 5.32 Å². The molecule has 0 aromatic carbocycles. The summed E-state index contributed by atoms with van der Waals surface area (Å²) in [6, 6.07) is -1.23. The zero-order chi connectivity index (χ0) is 35.4. The van der Waals surface area contributed by atoms with Crippen LogP contribution in [0.25, 0.3) is 0 Å². The van der Waals surface area contributed by atoms with E-state index >= 15 is 0 Å². The molecule has 0 spiro atoms. The van der Waals surface area contributed by atoms with Crippen LogP contribution in [0.3, 0.4) is 0 Å². The summed E-state index contributed by atoms with van der Waals surface area (Å²) < 4.78 is 10.8. The molecule has 1 heterocycles. The van der Waals surface area contributed by atoms with Gasteiger partial charge in [-0.15, -0.1) is 6.42 Å². The Morgan fingerprint density at radius 1 is 0.750 bits per heavy atom. The zero-order valence-electron chi connectivity index (χ0n) is 25.8. The average Bonchev–Trinajstić information content (AvgIpc) is 3.08. The molecule has 0 radical (unpaired) electrons. The summed E-state index contributed by atoms with van der Waals surface area (Å²) in [5.41, 5.74) is 0. The highest BCUT2D eigenvalue weighted by atomic mass is 16.7. The lowest BCUT2D eigenvalue weighted by Crippen LogP contribution is -2.60. The predicted octanol–water partition coefficient (Wildman–Crippen LogP) is -2.74. The van der Waals surface area contributed by atoms with Crippen molar-refractivity contribution in [3.8, 4) is 131 Å². The maximum atomic E-state index is 12.4. The molecule has 0 aromatic heterocycles. The molecule has 0 aliphatic carbocycles. The maximum Gasteiger partial charge on any atom is 0.297 e. The van der Waals surface area contributed by atoms with Crippen LogP contribution in [0.4, 0.5) is 0 Å². The van der Waals surface area contributed by atoms with Gasteiger partial charge in [-0.1, -0.05) is 26.2 Å². The van der Waals surface area contributed by atoms with Crippen molar-refractivity contribution < 1.29 is 44.9 Å². The summed E-state index contributed by atoms with van der Waals surface area (Å²) in [6.07, 6.45) is -2.93. The molecule has 1 rings (SSSR count). The van der Waals surface area contributed by atoms with E-state index in [2.05, 4.69) is 130 Å². The van der Waals surface area contributed by atoms with Gasteiger partial charge in [0.15, 0.2) is 6.29 Å². The molecule has 48 heavy (non-hydrogen) atoms. The topological polar surface area (TPSA) is 169 Å². The van der Waals surface area contributed by atoms with Gasteiger partial charge in [-0.3, -0.25) is 4.79 Å². The molecular formula is C38H31NO9. The second-order valence-electron chi connectivity index (χ2n) is 9.31. The molecule has 0 saturated carbocycles. The van der Waals surface area contributed by atoms with Crippen molar-refractivity contribution in [2.24, 2.45) is 0 Å². The molecule has 8 atom stereocenters. The highest BCUT2D eigenvalue weighted by Gasteiger charge is 2.44. The number of nitrogens with one attached hydrogen (secondary N) is 1. The third kappa shape index (κ3) is 17.1. The molecule has 1 aliphatic heterocycles. The average molecular weight is 646 g/mol. The second kappa shape index (κ2) is 25.5. The summed E-state index contributed by atoms with van der Waals surface area (Å²) in [5, 5.41) is 63.1. The number of unbranched alkanes of at least 4 members (excludes halogenated alkanes) is 2. The SMILES string of the molecule is C#CC#CC#CC#CC#CC#CC#CC#CC#CC#CC#CC(=O)N[C@@H](COC1OC(CO)C(O)C(O)C1O)[C@H](O)[C@H](O)CCCCC. The van der Waals surface area contributed by atoms with Gasteiger partial charge in [-0.2, -0.15) is 0 Å². The van der Waals surface area contributed by atoms with Crippen molar-refractivity contribution in [3.63, 3.8) is 0 Å². The van der Waals surface area contributed by atoms with E-state index in [1.54, 1.807) is 0 Å². The van der Waals surface area contributed by atoms with E-state index < -0.39 is 68.1 Å². The Morgan fingerprint density at radius 3 is 1.69 bits per heavy atom. The van der Waals surface area contributed by atoms with Crippen LogP contribution < -0.4 is 5.32 Å². The van der Waals surface area contributed by atoms with E-state index in [1.165, 1.54) is 0 Å². The van der Waals surface area contributed by atoms with Crippen LogP contribution in [0.15, 0.2) is 0 Å². The van der Waals surface area contributed by atoms with E-state index in [0.717, 1.165) is 12.8 Å². The molecule has 10 heteroatoms.